The van der Waals surface area contributed by atoms with Crippen LogP contribution in [0.15, 0.2) is 18.2 Å². The number of benzene rings is 1. The van der Waals surface area contributed by atoms with Crippen molar-refractivity contribution in [3.63, 3.8) is 0 Å². The molecule has 0 heterocycles. The molecule has 1 N–H and O–H groups in total. The maximum atomic E-state index is 13.3. The molecular formula is C11H12FNO3. The molecule has 16 heavy (non-hydrogen) atoms. The van der Waals surface area contributed by atoms with Crippen LogP contribution in [0.4, 0.5) is 4.39 Å². The number of carbonyl (C=O) groups excluding carboxylic acids is 2. The van der Waals surface area contributed by atoms with E-state index in [2.05, 4.69) is 5.32 Å². The summed E-state index contributed by atoms with van der Waals surface area (Å²) < 4.78 is 18.5. The van der Waals surface area contributed by atoms with Crippen LogP contribution in [0.5, 0.6) is 5.75 Å². The average Bonchev–Trinajstić information content (AvgIpc) is 2.30. The van der Waals surface area contributed by atoms with Gasteiger partial charge < -0.3 is 10.1 Å². The molecule has 5 heteroatoms. The first kappa shape index (κ1) is 12.2. The molecule has 0 aliphatic heterocycles. The first-order chi connectivity index (χ1) is 7.60. The summed E-state index contributed by atoms with van der Waals surface area (Å²) in [6, 6.07) is 3.98. The molecule has 1 amide bonds. The number of rotatable bonds is 4. The van der Waals surface area contributed by atoms with E-state index in [0.29, 0.717) is 6.29 Å². The molecule has 1 atom stereocenters. The Balaban J connectivity index is 2.96. The molecule has 0 fully saturated rings. The summed E-state index contributed by atoms with van der Waals surface area (Å²) in [5.74, 6) is -1.26. The molecule has 86 valence electrons. The fraction of sp³-hybridized carbons (Fsp3) is 0.273. The Morgan fingerprint density at radius 3 is 2.81 bits per heavy atom. The van der Waals surface area contributed by atoms with Gasteiger partial charge in [0.1, 0.15) is 0 Å². The molecule has 1 aromatic rings. The summed E-state index contributed by atoms with van der Waals surface area (Å²) in [6.07, 6.45) is -0.379. The highest BCUT2D eigenvalue weighted by Gasteiger charge is 2.17. The molecule has 0 saturated carbocycles. The maximum absolute atomic E-state index is 13.3. The molecule has 0 aliphatic carbocycles. The van der Waals surface area contributed by atoms with Gasteiger partial charge in [0, 0.05) is 7.05 Å². The van der Waals surface area contributed by atoms with Gasteiger partial charge in [-0.05, 0) is 19.1 Å². The zero-order valence-electron chi connectivity index (χ0n) is 8.99. The molecule has 0 saturated heterocycles. The van der Waals surface area contributed by atoms with Crippen LogP contribution in [0.3, 0.4) is 0 Å². The summed E-state index contributed by atoms with van der Waals surface area (Å²) in [5, 5.41) is 2.37. The molecule has 0 aliphatic rings. The Bertz CT molecular complexity index is 406. The number of likely N-dealkylation sites (N-methyl/N-ethyl adjacent to an activating group) is 1. The van der Waals surface area contributed by atoms with E-state index >= 15 is 0 Å². The minimum absolute atomic E-state index is 0.0794. The second-order valence-electron chi connectivity index (χ2n) is 3.15. The summed E-state index contributed by atoms with van der Waals surface area (Å²) in [6.45, 7) is 1.47. The van der Waals surface area contributed by atoms with Crippen LogP contribution in [-0.2, 0) is 4.79 Å². The first-order valence-corrected chi connectivity index (χ1v) is 4.72. The summed E-state index contributed by atoms with van der Waals surface area (Å²) in [7, 11) is 1.45. The molecule has 1 aromatic carbocycles. The van der Waals surface area contributed by atoms with E-state index in [1.807, 2.05) is 0 Å². The lowest BCUT2D eigenvalue weighted by atomic mass is 10.2. The largest absolute Gasteiger partial charge is 0.477 e. The fourth-order valence-electron chi connectivity index (χ4n) is 1.18. The van der Waals surface area contributed by atoms with Gasteiger partial charge in [0.05, 0.1) is 5.56 Å². The third-order valence-corrected chi connectivity index (χ3v) is 2.03. The van der Waals surface area contributed by atoms with Crippen LogP contribution in [0.1, 0.15) is 17.3 Å². The number of para-hydroxylation sites is 1. The summed E-state index contributed by atoms with van der Waals surface area (Å²) in [5.41, 5.74) is 0.0794. The van der Waals surface area contributed by atoms with Gasteiger partial charge in [-0.15, -0.1) is 0 Å². The molecule has 0 bridgehead atoms. The third-order valence-electron chi connectivity index (χ3n) is 2.03. The van der Waals surface area contributed by atoms with E-state index in [4.69, 9.17) is 4.74 Å². The average molecular weight is 225 g/mol. The van der Waals surface area contributed by atoms with E-state index in [0.717, 1.165) is 0 Å². The Morgan fingerprint density at radius 1 is 1.56 bits per heavy atom. The molecule has 0 aromatic heterocycles. The third kappa shape index (κ3) is 2.56. The highest BCUT2D eigenvalue weighted by Crippen LogP contribution is 2.22. The molecule has 1 rings (SSSR count). The van der Waals surface area contributed by atoms with E-state index in [1.54, 1.807) is 0 Å². The topological polar surface area (TPSA) is 55.4 Å². The van der Waals surface area contributed by atoms with E-state index in [-0.39, 0.29) is 17.2 Å². The van der Waals surface area contributed by atoms with Crippen molar-refractivity contribution in [3.8, 4) is 5.75 Å². The Kier molecular flexibility index (Phi) is 3.99. The fourth-order valence-corrected chi connectivity index (χ4v) is 1.18. The van der Waals surface area contributed by atoms with Crippen LogP contribution in [-0.4, -0.2) is 25.3 Å². The Morgan fingerprint density at radius 2 is 2.25 bits per heavy atom. The first-order valence-electron chi connectivity index (χ1n) is 4.72. The highest BCUT2D eigenvalue weighted by molar-refractivity contribution is 5.82. The summed E-state index contributed by atoms with van der Waals surface area (Å²) in [4.78, 5) is 21.8. The van der Waals surface area contributed by atoms with Gasteiger partial charge in [-0.1, -0.05) is 6.07 Å². The number of carbonyl (C=O) groups is 2. The molecule has 4 nitrogen and oxygen atoms in total. The Hall–Kier alpha value is -1.91. The monoisotopic (exact) mass is 225 g/mol. The molecule has 0 radical (unpaired) electrons. The van der Waals surface area contributed by atoms with Crippen LogP contribution in [0.2, 0.25) is 0 Å². The number of halogens is 1. The lowest BCUT2D eigenvalue weighted by Crippen LogP contribution is -2.34. The van der Waals surface area contributed by atoms with Gasteiger partial charge in [-0.3, -0.25) is 9.59 Å². The smallest absolute Gasteiger partial charge is 0.260 e. The minimum Gasteiger partial charge on any atom is -0.477 e. The van der Waals surface area contributed by atoms with Crippen LogP contribution >= 0.6 is 0 Å². The zero-order valence-corrected chi connectivity index (χ0v) is 8.99. The SMILES string of the molecule is CNC(=O)C(C)Oc1c(F)cccc1C=O. The standard InChI is InChI=1S/C11H12FNO3/c1-7(11(15)13-2)16-10-8(6-14)4-3-5-9(10)12/h3-7H,1-2H3,(H,13,15). The van der Waals surface area contributed by atoms with Crippen molar-refractivity contribution >= 4 is 12.2 Å². The number of amides is 1. The molecular weight excluding hydrogens is 213 g/mol. The second kappa shape index (κ2) is 5.25. The van der Waals surface area contributed by atoms with Crippen molar-refractivity contribution in [2.75, 3.05) is 7.05 Å². The van der Waals surface area contributed by atoms with Gasteiger partial charge >= 0.3 is 0 Å². The number of nitrogens with one attached hydrogen (secondary N) is 1. The van der Waals surface area contributed by atoms with Gasteiger partial charge in [0.2, 0.25) is 0 Å². The Labute approximate surface area is 92.4 Å². The maximum Gasteiger partial charge on any atom is 0.260 e. The van der Waals surface area contributed by atoms with Gasteiger partial charge in [-0.2, -0.15) is 0 Å². The van der Waals surface area contributed by atoms with Crippen LogP contribution in [0, 0.1) is 5.82 Å². The minimum atomic E-state index is -0.861. The highest BCUT2D eigenvalue weighted by atomic mass is 19.1. The molecule has 0 spiro atoms. The number of hydrogen-bond acceptors (Lipinski definition) is 3. The van der Waals surface area contributed by atoms with Crippen molar-refractivity contribution in [2.24, 2.45) is 0 Å². The molecule has 1 unspecified atom stereocenters. The number of aldehydes is 1. The zero-order chi connectivity index (χ0) is 12.1. The normalized spacial score (nSPS) is 11.7. The van der Waals surface area contributed by atoms with Gasteiger partial charge in [0.15, 0.2) is 24.0 Å². The predicted molar refractivity (Wildman–Crippen MR) is 55.9 cm³/mol. The second-order valence-corrected chi connectivity index (χ2v) is 3.15. The van der Waals surface area contributed by atoms with E-state index in [1.165, 1.54) is 32.2 Å². The number of ether oxygens (including phenoxy) is 1. The van der Waals surface area contributed by atoms with Crippen molar-refractivity contribution in [1.82, 2.24) is 5.32 Å². The van der Waals surface area contributed by atoms with Crippen molar-refractivity contribution in [1.29, 1.82) is 0 Å². The summed E-state index contributed by atoms with van der Waals surface area (Å²) >= 11 is 0. The van der Waals surface area contributed by atoms with E-state index in [9.17, 15) is 14.0 Å². The van der Waals surface area contributed by atoms with Gasteiger partial charge in [-0.25, -0.2) is 4.39 Å². The lowest BCUT2D eigenvalue weighted by molar-refractivity contribution is -0.126. The van der Waals surface area contributed by atoms with Gasteiger partial charge in [0.25, 0.3) is 5.91 Å². The van der Waals surface area contributed by atoms with Crippen molar-refractivity contribution < 1.29 is 18.7 Å². The van der Waals surface area contributed by atoms with Crippen molar-refractivity contribution in [3.05, 3.63) is 29.6 Å². The lowest BCUT2D eigenvalue weighted by Gasteiger charge is -2.14. The van der Waals surface area contributed by atoms with E-state index < -0.39 is 11.9 Å². The number of hydrogen-bond donors (Lipinski definition) is 1. The quantitative estimate of drug-likeness (QED) is 0.782. The van der Waals surface area contributed by atoms with Crippen LogP contribution < -0.4 is 10.1 Å². The van der Waals surface area contributed by atoms with Crippen molar-refractivity contribution in [2.45, 2.75) is 13.0 Å². The van der Waals surface area contributed by atoms with Crippen LogP contribution in [0.25, 0.3) is 0 Å². The predicted octanol–water partition coefficient (Wildman–Crippen LogP) is 1.15.